The van der Waals surface area contributed by atoms with Crippen molar-refractivity contribution < 1.29 is 6.85 Å². The molecule has 0 amide bonds. The maximum absolute atomic E-state index is 9.07. The summed E-state index contributed by atoms with van der Waals surface area (Å²) in [6, 6.07) is 72.6. The van der Waals surface area contributed by atoms with E-state index in [0.29, 0.717) is 5.56 Å². The van der Waals surface area contributed by atoms with Gasteiger partial charge in [-0.25, -0.2) is 0 Å². The van der Waals surface area contributed by atoms with E-state index in [0.717, 1.165) is 38.4 Å². The second kappa shape index (κ2) is 14.8. The van der Waals surface area contributed by atoms with Crippen LogP contribution in [0, 0.1) is 0 Å². The van der Waals surface area contributed by atoms with Crippen molar-refractivity contribution in [1.29, 1.82) is 0 Å². The maximum atomic E-state index is 9.07. The van der Waals surface area contributed by atoms with Crippen LogP contribution in [-0.4, -0.2) is 19.1 Å². The summed E-state index contributed by atoms with van der Waals surface area (Å²) in [6.07, 6.45) is 0. The fourth-order valence-electron chi connectivity index (χ4n) is 11.0. The van der Waals surface area contributed by atoms with E-state index < -0.39 is 6.04 Å². The van der Waals surface area contributed by atoms with Gasteiger partial charge in [0.1, 0.15) is 0 Å². The molecular formula is C64H39NSe. The minimum atomic E-state index is -0.395. The van der Waals surface area contributed by atoms with Crippen LogP contribution < -0.4 is 0 Å². The summed E-state index contributed by atoms with van der Waals surface area (Å²) < 4.78 is 48.7. The molecule has 306 valence electrons. The van der Waals surface area contributed by atoms with Crippen molar-refractivity contribution in [3.05, 3.63) is 236 Å². The van der Waals surface area contributed by atoms with E-state index in [2.05, 4.69) is 174 Å². The van der Waals surface area contributed by atoms with E-state index in [1.54, 1.807) is 0 Å². The average molecular weight is 906 g/mol. The summed E-state index contributed by atoms with van der Waals surface area (Å²) in [6.45, 7) is 0. The van der Waals surface area contributed by atoms with Crippen LogP contribution in [0.3, 0.4) is 0 Å². The van der Waals surface area contributed by atoms with E-state index in [4.69, 9.17) is 6.85 Å². The number of benzene rings is 12. The second-order valence-corrected chi connectivity index (χ2v) is 19.3. The van der Waals surface area contributed by atoms with Gasteiger partial charge in [0.05, 0.1) is 11.0 Å². The summed E-state index contributed by atoms with van der Waals surface area (Å²) in [4.78, 5) is 0. The van der Waals surface area contributed by atoms with Crippen LogP contribution >= 0.6 is 0 Å². The zero-order valence-electron chi connectivity index (χ0n) is 40.5. The van der Waals surface area contributed by atoms with Gasteiger partial charge >= 0.3 is 326 Å². The SMILES string of the molecule is [2H]c1c([2H])c([2H])c(-c2c3ccccc3c(-c3cccc4c3[se]c3cccc(-c5c6ccccc6c(-c6ccc(-n7c8ccccc8c8ccccc87)cc6)c6ccccc56)c34)c3ccccc23)c([2H])c1[2H]. The molecule has 12 aromatic carbocycles. The van der Waals surface area contributed by atoms with Crippen LogP contribution in [0.25, 0.3) is 134 Å². The Morgan fingerprint density at radius 2 is 0.727 bits per heavy atom. The summed E-state index contributed by atoms with van der Waals surface area (Å²) in [5, 5.41) is 13.5. The average Bonchev–Trinajstić information content (AvgIpc) is 3.98. The molecule has 14 rings (SSSR count). The van der Waals surface area contributed by atoms with Gasteiger partial charge in [-0.3, -0.25) is 0 Å². The van der Waals surface area contributed by atoms with Gasteiger partial charge < -0.3 is 0 Å². The van der Waals surface area contributed by atoms with Crippen LogP contribution in [0.5, 0.6) is 0 Å². The van der Waals surface area contributed by atoms with E-state index in [1.807, 2.05) is 36.4 Å². The van der Waals surface area contributed by atoms with Crippen molar-refractivity contribution in [2.75, 3.05) is 0 Å². The van der Waals surface area contributed by atoms with Gasteiger partial charge in [0.15, 0.2) is 0 Å². The number of hydrogen-bond donors (Lipinski definition) is 0. The van der Waals surface area contributed by atoms with Crippen LogP contribution in [0.4, 0.5) is 0 Å². The topological polar surface area (TPSA) is 4.93 Å². The molecule has 14 aromatic rings. The molecule has 0 saturated carbocycles. The van der Waals surface area contributed by atoms with Crippen molar-refractivity contribution in [3.63, 3.8) is 0 Å². The summed E-state index contributed by atoms with van der Waals surface area (Å²) >= 11 is -0.0469. The Labute approximate surface area is 394 Å². The van der Waals surface area contributed by atoms with Crippen molar-refractivity contribution in [2.45, 2.75) is 0 Å². The molecule has 0 radical (unpaired) electrons. The van der Waals surface area contributed by atoms with Crippen molar-refractivity contribution in [1.82, 2.24) is 4.57 Å². The van der Waals surface area contributed by atoms with Crippen molar-refractivity contribution in [3.8, 4) is 50.2 Å². The number of hydrogen-bond acceptors (Lipinski definition) is 0. The van der Waals surface area contributed by atoms with E-state index in [9.17, 15) is 0 Å². The van der Waals surface area contributed by atoms with Crippen molar-refractivity contribution in [2.24, 2.45) is 0 Å². The van der Waals surface area contributed by atoms with Gasteiger partial charge in [-0.2, -0.15) is 0 Å². The molecule has 0 N–H and O–H groups in total. The van der Waals surface area contributed by atoms with Gasteiger partial charge in [0.2, 0.25) is 0 Å². The number of aromatic nitrogens is 1. The fraction of sp³-hybridized carbons (Fsp3) is 0. The van der Waals surface area contributed by atoms with E-state index in [-0.39, 0.29) is 44.2 Å². The first kappa shape index (κ1) is 32.6. The quantitative estimate of drug-likeness (QED) is 0.120. The van der Waals surface area contributed by atoms with Gasteiger partial charge in [-0.1, -0.05) is 36.4 Å². The zero-order valence-corrected chi connectivity index (χ0v) is 37.2. The number of para-hydroxylation sites is 2. The Kier molecular flexibility index (Phi) is 7.30. The Bertz CT molecular complexity index is 4390. The molecule has 2 heterocycles. The molecular weight excluding hydrogens is 862 g/mol. The van der Waals surface area contributed by atoms with Gasteiger partial charge in [0, 0.05) is 10.8 Å². The third-order valence-corrected chi connectivity index (χ3v) is 16.2. The van der Waals surface area contributed by atoms with Crippen LogP contribution in [0.1, 0.15) is 6.85 Å². The molecule has 2 aromatic heterocycles. The fourth-order valence-corrected chi connectivity index (χ4v) is 13.6. The third kappa shape index (κ3) is 5.47. The Hall–Kier alpha value is -8.00. The molecule has 0 aliphatic rings. The standard InChI is InChI=1S/C64H39NSe/c1-2-18-40(19-3-1)59-47-24-6-10-28-51(47)62(52-29-11-7-25-48(52)59)54-31-16-32-55-63-53(30-17-35-58(63)66-64(54)55)61-49-26-8-4-22-45(49)60(46-23-5-9-27-50(46)61)41-36-38-42(39-37-41)65-56-33-14-12-20-43(56)44-21-13-15-34-57(44)65/h1-39H/i1D,2D,3D,18D,19D. The first-order valence-corrected chi connectivity index (χ1v) is 24.1. The van der Waals surface area contributed by atoms with E-state index >= 15 is 0 Å². The summed E-state index contributed by atoms with van der Waals surface area (Å²) in [7, 11) is 0. The van der Waals surface area contributed by atoms with Crippen LogP contribution in [0.15, 0.2) is 236 Å². The molecule has 0 unspecified atom stereocenters. The molecule has 0 saturated heterocycles. The summed E-state index contributed by atoms with van der Waals surface area (Å²) in [5.41, 5.74) is 11.5. The van der Waals surface area contributed by atoms with Crippen LogP contribution in [-0.2, 0) is 0 Å². The van der Waals surface area contributed by atoms with Crippen LogP contribution in [0.2, 0.25) is 0 Å². The van der Waals surface area contributed by atoms with Gasteiger partial charge in [-0.05, 0) is 12.1 Å². The first-order chi connectivity index (χ1) is 34.9. The third-order valence-electron chi connectivity index (χ3n) is 13.7. The molecule has 0 atom stereocenters. The molecule has 66 heavy (non-hydrogen) atoms. The first-order valence-electron chi connectivity index (χ1n) is 24.9. The van der Waals surface area contributed by atoms with Crippen molar-refractivity contribution >= 4 is 98.7 Å². The molecule has 2 heteroatoms. The zero-order chi connectivity index (χ0) is 47.6. The Balaban J connectivity index is 0.987. The Morgan fingerprint density at radius 1 is 0.318 bits per heavy atom. The predicted molar refractivity (Wildman–Crippen MR) is 285 cm³/mol. The number of fused-ring (bicyclic) bond motifs is 10. The normalized spacial score (nSPS) is 13.0. The minimum absolute atomic E-state index is 0.0469. The molecule has 0 bridgehead atoms. The number of nitrogens with zero attached hydrogens (tertiary/aromatic N) is 1. The predicted octanol–water partition coefficient (Wildman–Crippen LogP) is 17.4. The molecule has 0 aliphatic heterocycles. The second-order valence-electron chi connectivity index (χ2n) is 17.1. The van der Waals surface area contributed by atoms with E-state index in [1.165, 1.54) is 84.9 Å². The summed E-state index contributed by atoms with van der Waals surface area (Å²) in [5.74, 6) is 0. The number of rotatable bonds is 5. The Morgan fingerprint density at radius 3 is 1.26 bits per heavy atom. The van der Waals surface area contributed by atoms with Gasteiger partial charge in [-0.15, -0.1) is 0 Å². The van der Waals surface area contributed by atoms with Gasteiger partial charge in [0.25, 0.3) is 0 Å². The molecule has 0 fully saturated rings. The monoisotopic (exact) mass is 906 g/mol. The molecule has 1 nitrogen and oxygen atoms in total. The molecule has 0 spiro atoms. The molecule has 0 aliphatic carbocycles.